The maximum Gasteiger partial charge on any atom is 0.417 e. The van der Waals surface area contributed by atoms with E-state index in [1.54, 1.807) is 0 Å². The zero-order valence-electron chi connectivity index (χ0n) is 13.6. The summed E-state index contributed by atoms with van der Waals surface area (Å²) in [5, 5.41) is 0. The van der Waals surface area contributed by atoms with Crippen LogP contribution in [-0.2, 0) is 37.7 Å². The van der Waals surface area contributed by atoms with Crippen molar-refractivity contribution in [3.63, 3.8) is 0 Å². The third-order valence-electron chi connectivity index (χ3n) is 3.18. The van der Waals surface area contributed by atoms with E-state index in [9.17, 15) is 39.6 Å². The molecule has 0 spiro atoms. The number of alkyl halides is 6. The lowest BCUT2D eigenvalue weighted by molar-refractivity contribution is -0.162. The van der Waals surface area contributed by atoms with Crippen molar-refractivity contribution >= 4 is 16.0 Å². The molecule has 0 aliphatic rings. The number of hydrogen-bond donors (Lipinski definition) is 0. The van der Waals surface area contributed by atoms with Crippen molar-refractivity contribution in [1.29, 1.82) is 0 Å². The summed E-state index contributed by atoms with van der Waals surface area (Å²) in [7, 11) is -3.25. The van der Waals surface area contributed by atoms with Crippen molar-refractivity contribution in [3.8, 4) is 0 Å². The Bertz CT molecular complexity index is 758. The van der Waals surface area contributed by atoms with Gasteiger partial charge >= 0.3 is 18.3 Å². The number of likely N-dealkylation sites (N-methyl/N-ethyl adjacent to an activating group) is 1. The highest BCUT2D eigenvalue weighted by Gasteiger charge is 2.43. The van der Waals surface area contributed by atoms with Crippen molar-refractivity contribution in [2.75, 3.05) is 20.2 Å². The minimum Gasteiger partial charge on any atom is -0.465 e. The fraction of sp³-hybridized carbons (Fsp3) is 0.500. The van der Waals surface area contributed by atoms with Crippen LogP contribution in [0, 0.1) is 0 Å². The highest BCUT2D eigenvalue weighted by Crippen LogP contribution is 2.40. The molecular weight excluding hydrogens is 392 g/mol. The standard InChI is InChI=1S/C14H15F6NO4S/c1-3-25-12(22)7-21(2)26(23,24)8-9-4-5-10(13(15,16)17)11(6-9)14(18,19)20/h4-6H,3,7-8H2,1-2H3. The molecule has 1 aromatic rings. The summed E-state index contributed by atoms with van der Waals surface area (Å²) >= 11 is 0. The topological polar surface area (TPSA) is 63.7 Å². The first-order valence-electron chi connectivity index (χ1n) is 7.05. The van der Waals surface area contributed by atoms with E-state index in [2.05, 4.69) is 4.74 Å². The van der Waals surface area contributed by atoms with E-state index in [0.717, 1.165) is 7.05 Å². The highest BCUT2D eigenvalue weighted by atomic mass is 32.2. The first kappa shape index (κ1) is 22.2. The van der Waals surface area contributed by atoms with Gasteiger partial charge in [-0.3, -0.25) is 4.79 Å². The molecule has 26 heavy (non-hydrogen) atoms. The molecule has 5 nitrogen and oxygen atoms in total. The van der Waals surface area contributed by atoms with E-state index in [1.165, 1.54) is 6.92 Å². The molecule has 1 rings (SSSR count). The third kappa shape index (κ3) is 5.87. The minimum absolute atomic E-state index is 0.000564. The second-order valence-electron chi connectivity index (χ2n) is 5.19. The molecule has 0 bridgehead atoms. The van der Waals surface area contributed by atoms with Gasteiger partial charge in [-0.2, -0.15) is 30.6 Å². The molecule has 0 saturated heterocycles. The molecule has 0 amide bonds. The van der Waals surface area contributed by atoms with Crippen molar-refractivity contribution in [2.45, 2.75) is 25.0 Å². The molecule has 0 radical (unpaired) electrons. The lowest BCUT2D eigenvalue weighted by Crippen LogP contribution is -2.34. The maximum absolute atomic E-state index is 12.9. The number of hydrogen-bond acceptors (Lipinski definition) is 4. The molecule has 12 heteroatoms. The number of halogens is 6. The average Bonchev–Trinajstić information content (AvgIpc) is 2.44. The number of carbonyl (C=O) groups excluding carboxylic acids is 1. The maximum atomic E-state index is 12.9. The molecule has 0 saturated carbocycles. The average molecular weight is 407 g/mol. The van der Waals surface area contributed by atoms with Crippen molar-refractivity contribution in [1.82, 2.24) is 4.31 Å². The van der Waals surface area contributed by atoms with Crippen LogP contribution >= 0.6 is 0 Å². The van der Waals surface area contributed by atoms with Gasteiger partial charge in [-0.25, -0.2) is 8.42 Å². The van der Waals surface area contributed by atoms with Gasteiger partial charge in [0.1, 0.15) is 6.54 Å². The molecule has 0 fully saturated rings. The molecule has 0 heterocycles. The van der Waals surface area contributed by atoms with Crippen LogP contribution in [0.3, 0.4) is 0 Å². The molecule has 0 aliphatic heterocycles. The van der Waals surface area contributed by atoms with Crippen LogP contribution in [0.2, 0.25) is 0 Å². The van der Waals surface area contributed by atoms with Gasteiger partial charge in [0.05, 0.1) is 23.5 Å². The van der Waals surface area contributed by atoms with Crippen molar-refractivity contribution in [3.05, 3.63) is 34.9 Å². The fourth-order valence-electron chi connectivity index (χ4n) is 1.97. The van der Waals surface area contributed by atoms with E-state index in [4.69, 9.17) is 0 Å². The van der Waals surface area contributed by atoms with Gasteiger partial charge < -0.3 is 4.74 Å². The number of rotatable bonds is 6. The Morgan fingerprint density at radius 1 is 1.08 bits per heavy atom. The quantitative estimate of drug-likeness (QED) is 0.537. The summed E-state index contributed by atoms with van der Waals surface area (Å²) in [5.41, 5.74) is -4.39. The number of ether oxygens (including phenoxy) is 1. The van der Waals surface area contributed by atoms with Gasteiger partial charge in [-0.1, -0.05) is 6.07 Å². The van der Waals surface area contributed by atoms with Gasteiger partial charge in [-0.15, -0.1) is 0 Å². The molecule has 0 atom stereocenters. The molecular formula is C14H15F6NO4S. The summed E-state index contributed by atoms with van der Waals surface area (Å²) in [5.74, 6) is -1.88. The van der Waals surface area contributed by atoms with Crippen molar-refractivity contribution in [2.24, 2.45) is 0 Å². The van der Waals surface area contributed by atoms with E-state index in [-0.39, 0.29) is 18.7 Å². The SMILES string of the molecule is CCOC(=O)CN(C)S(=O)(=O)Cc1ccc(C(F)(F)F)c(C(F)(F)F)c1. The number of carbonyl (C=O) groups is 1. The van der Waals surface area contributed by atoms with E-state index >= 15 is 0 Å². The van der Waals surface area contributed by atoms with Crippen LogP contribution in [0.5, 0.6) is 0 Å². The fourth-order valence-corrected chi connectivity index (χ4v) is 3.09. The monoisotopic (exact) mass is 407 g/mol. The van der Waals surface area contributed by atoms with Crippen LogP contribution in [0.15, 0.2) is 18.2 Å². The smallest absolute Gasteiger partial charge is 0.417 e. The molecule has 1 aromatic carbocycles. The van der Waals surface area contributed by atoms with Gasteiger partial charge in [0.15, 0.2) is 0 Å². The van der Waals surface area contributed by atoms with Crippen LogP contribution < -0.4 is 0 Å². The molecule has 0 N–H and O–H groups in total. The van der Waals surface area contributed by atoms with Gasteiger partial charge in [0, 0.05) is 7.05 Å². The summed E-state index contributed by atoms with van der Waals surface area (Å²) in [6.45, 7) is 0.816. The van der Waals surface area contributed by atoms with E-state index in [1.807, 2.05) is 0 Å². The highest BCUT2D eigenvalue weighted by molar-refractivity contribution is 7.88. The Balaban J connectivity index is 3.15. The van der Waals surface area contributed by atoms with E-state index < -0.39 is 57.3 Å². The first-order valence-corrected chi connectivity index (χ1v) is 8.66. The molecule has 0 aromatic heterocycles. The molecule has 0 aliphatic carbocycles. The molecule has 0 unspecified atom stereocenters. The summed E-state index contributed by atoms with van der Waals surface area (Å²) in [6.07, 6.45) is -10.6. The Kier molecular flexibility index (Phi) is 6.69. The number of nitrogens with zero attached hydrogens (tertiary/aromatic N) is 1. The summed E-state index contributed by atoms with van der Waals surface area (Å²) in [6, 6.07) is 0.964. The Labute approximate surface area is 145 Å². The van der Waals surface area contributed by atoms with Crippen molar-refractivity contribution < 1.29 is 44.3 Å². The van der Waals surface area contributed by atoms with Gasteiger partial charge in [-0.05, 0) is 24.6 Å². The minimum atomic E-state index is -5.32. The number of sulfonamides is 1. The zero-order valence-corrected chi connectivity index (χ0v) is 14.4. The van der Waals surface area contributed by atoms with Crippen LogP contribution in [0.25, 0.3) is 0 Å². The summed E-state index contributed by atoms with van der Waals surface area (Å²) < 4.78 is 106. The lowest BCUT2D eigenvalue weighted by atomic mass is 10.0. The third-order valence-corrected chi connectivity index (χ3v) is 4.95. The number of benzene rings is 1. The Morgan fingerprint density at radius 2 is 1.62 bits per heavy atom. The van der Waals surface area contributed by atoms with Crippen LogP contribution in [-0.4, -0.2) is 38.9 Å². The predicted octanol–water partition coefficient (Wildman–Crippen LogP) is 3.05. The largest absolute Gasteiger partial charge is 0.465 e. The molecule has 148 valence electrons. The Hall–Kier alpha value is -1.82. The second-order valence-corrected chi connectivity index (χ2v) is 7.27. The van der Waals surface area contributed by atoms with Gasteiger partial charge in [0.25, 0.3) is 0 Å². The lowest BCUT2D eigenvalue weighted by Gasteiger charge is -2.19. The van der Waals surface area contributed by atoms with Crippen LogP contribution in [0.1, 0.15) is 23.6 Å². The van der Waals surface area contributed by atoms with E-state index in [0.29, 0.717) is 10.4 Å². The second kappa shape index (κ2) is 7.82. The van der Waals surface area contributed by atoms with Crippen LogP contribution in [0.4, 0.5) is 26.3 Å². The van der Waals surface area contributed by atoms with Gasteiger partial charge in [0.2, 0.25) is 10.0 Å². The number of esters is 1. The first-order chi connectivity index (χ1) is 11.7. The Morgan fingerprint density at radius 3 is 2.08 bits per heavy atom. The zero-order chi connectivity index (χ0) is 20.3. The summed E-state index contributed by atoms with van der Waals surface area (Å²) in [4.78, 5) is 11.3. The predicted molar refractivity (Wildman–Crippen MR) is 78.3 cm³/mol. The normalized spacial score (nSPS) is 13.1.